The van der Waals surface area contributed by atoms with Crippen molar-refractivity contribution in [1.82, 2.24) is 9.80 Å². The van der Waals surface area contributed by atoms with Gasteiger partial charge < -0.3 is 24.4 Å². The summed E-state index contributed by atoms with van der Waals surface area (Å²) in [5.74, 6) is -2.59. The Morgan fingerprint density at radius 3 is 2.66 bits per heavy atom. The Kier molecular flexibility index (Phi) is 6.45. The molecule has 0 saturated carbocycles. The van der Waals surface area contributed by atoms with E-state index in [1.54, 1.807) is 4.90 Å². The minimum absolute atomic E-state index is 0.0927. The van der Waals surface area contributed by atoms with Crippen LogP contribution in [0.15, 0.2) is 24.3 Å². The van der Waals surface area contributed by atoms with Gasteiger partial charge in [0.2, 0.25) is 11.8 Å². The van der Waals surface area contributed by atoms with Crippen LogP contribution >= 0.6 is 0 Å². The molecule has 4 aliphatic heterocycles. The number of esters is 1. The van der Waals surface area contributed by atoms with E-state index in [-0.39, 0.29) is 25.0 Å². The zero-order valence-electron chi connectivity index (χ0n) is 19.0. The molecule has 8 heteroatoms. The molecule has 1 spiro atoms. The Labute approximate surface area is 189 Å². The smallest absolute Gasteiger partial charge is 0.313 e. The highest BCUT2D eigenvalue weighted by atomic mass is 16.6. The predicted molar refractivity (Wildman–Crippen MR) is 116 cm³/mol. The third kappa shape index (κ3) is 3.57. The van der Waals surface area contributed by atoms with Crippen molar-refractivity contribution < 1.29 is 29.0 Å². The molecule has 0 aromatic heterocycles. The lowest BCUT2D eigenvalue weighted by Gasteiger charge is -2.37. The summed E-state index contributed by atoms with van der Waals surface area (Å²) in [6.45, 7) is 5.36. The molecule has 2 saturated heterocycles. The van der Waals surface area contributed by atoms with Gasteiger partial charge in [-0.05, 0) is 32.6 Å². The molecule has 2 fully saturated rings. The van der Waals surface area contributed by atoms with Crippen molar-refractivity contribution in [2.45, 2.75) is 63.2 Å². The highest BCUT2D eigenvalue weighted by molar-refractivity contribution is 5.99. The summed E-state index contributed by atoms with van der Waals surface area (Å²) in [7, 11) is 0. The Balaban J connectivity index is 1.81. The molecular formula is C24H34N2O6. The number of likely N-dealkylation sites (tertiary alicyclic amines) is 1. The van der Waals surface area contributed by atoms with Crippen LogP contribution in [-0.4, -0.2) is 82.8 Å². The Bertz CT molecular complexity index is 825. The minimum Gasteiger partial charge on any atom is -0.465 e. The number of rotatable bonds is 6. The second-order valence-corrected chi connectivity index (χ2v) is 9.36. The average Bonchev–Trinajstić information content (AvgIpc) is 3.11. The Hall–Kier alpha value is -2.19. The summed E-state index contributed by atoms with van der Waals surface area (Å²) in [6, 6.07) is -0.865. The van der Waals surface area contributed by atoms with Crippen LogP contribution in [0.2, 0.25) is 0 Å². The van der Waals surface area contributed by atoms with E-state index in [1.165, 1.54) is 4.90 Å². The van der Waals surface area contributed by atoms with Crippen LogP contribution in [0.3, 0.4) is 0 Å². The first-order chi connectivity index (χ1) is 15.4. The zero-order chi connectivity index (χ0) is 22.9. The number of hydrogen-bond donors (Lipinski definition) is 1. The van der Waals surface area contributed by atoms with Crippen molar-refractivity contribution in [3.63, 3.8) is 0 Å². The number of aliphatic hydroxyl groups excluding tert-OH is 1. The number of allylic oxidation sites excluding steroid dienone is 1. The second-order valence-electron chi connectivity index (χ2n) is 9.36. The molecule has 176 valence electrons. The van der Waals surface area contributed by atoms with Crippen LogP contribution in [0.4, 0.5) is 0 Å². The molecule has 4 rings (SSSR count). The van der Waals surface area contributed by atoms with Crippen LogP contribution < -0.4 is 0 Å². The zero-order valence-corrected chi connectivity index (χ0v) is 19.0. The fourth-order valence-electron chi connectivity index (χ4n) is 5.71. The van der Waals surface area contributed by atoms with E-state index < -0.39 is 35.0 Å². The molecule has 2 amide bonds. The van der Waals surface area contributed by atoms with Gasteiger partial charge in [-0.15, -0.1) is 0 Å². The quantitative estimate of drug-likeness (QED) is 0.490. The maximum absolute atomic E-state index is 13.8. The maximum Gasteiger partial charge on any atom is 0.313 e. The van der Waals surface area contributed by atoms with Gasteiger partial charge in [0.05, 0.1) is 18.1 Å². The highest BCUT2D eigenvalue weighted by Gasteiger charge is 2.74. The van der Waals surface area contributed by atoms with E-state index in [0.29, 0.717) is 32.5 Å². The third-order valence-electron chi connectivity index (χ3n) is 7.17. The molecule has 0 aromatic rings. The molecule has 8 nitrogen and oxygen atoms in total. The van der Waals surface area contributed by atoms with Crippen molar-refractivity contribution >= 4 is 17.8 Å². The van der Waals surface area contributed by atoms with E-state index in [9.17, 15) is 19.5 Å². The van der Waals surface area contributed by atoms with Crippen molar-refractivity contribution in [3.8, 4) is 0 Å². The first kappa shape index (κ1) is 23.0. The SMILES string of the molecule is CCCCN1CC=C[C@]23O[C@@]4(C)/C=C\CCCOC(=O)[C@H]4[C@H]2C(=O)N(CCCO)C3C1=O. The molecule has 4 heterocycles. The molecular weight excluding hydrogens is 412 g/mol. The number of carbonyl (C=O) groups excluding carboxylic acids is 3. The lowest BCUT2D eigenvalue weighted by atomic mass is 9.74. The lowest BCUT2D eigenvalue weighted by molar-refractivity contribution is -0.159. The number of fused-ring (bicyclic) bond motifs is 2. The van der Waals surface area contributed by atoms with Crippen LogP contribution in [-0.2, 0) is 23.9 Å². The lowest BCUT2D eigenvalue weighted by Crippen LogP contribution is -2.56. The molecule has 0 aliphatic carbocycles. The van der Waals surface area contributed by atoms with Crippen LogP contribution in [0.5, 0.6) is 0 Å². The largest absolute Gasteiger partial charge is 0.465 e. The minimum atomic E-state index is -1.24. The van der Waals surface area contributed by atoms with Crippen LogP contribution in [0.25, 0.3) is 0 Å². The van der Waals surface area contributed by atoms with Gasteiger partial charge >= 0.3 is 5.97 Å². The molecule has 1 N–H and O–H groups in total. The number of cyclic esters (lactones) is 1. The van der Waals surface area contributed by atoms with Gasteiger partial charge in [0.25, 0.3) is 0 Å². The first-order valence-electron chi connectivity index (χ1n) is 11.8. The van der Waals surface area contributed by atoms with Crippen molar-refractivity contribution in [2.24, 2.45) is 11.8 Å². The van der Waals surface area contributed by atoms with Gasteiger partial charge in [-0.25, -0.2) is 0 Å². The first-order valence-corrected chi connectivity index (χ1v) is 11.8. The summed E-state index contributed by atoms with van der Waals surface area (Å²) in [4.78, 5) is 44.1. The van der Waals surface area contributed by atoms with Crippen LogP contribution in [0.1, 0.15) is 46.0 Å². The summed E-state index contributed by atoms with van der Waals surface area (Å²) < 4.78 is 12.2. The van der Waals surface area contributed by atoms with Gasteiger partial charge in [-0.2, -0.15) is 0 Å². The molecule has 0 radical (unpaired) electrons. The predicted octanol–water partition coefficient (Wildman–Crippen LogP) is 1.43. The topological polar surface area (TPSA) is 96.4 Å². The van der Waals surface area contributed by atoms with Gasteiger partial charge in [0.15, 0.2) is 0 Å². The number of hydrogen-bond acceptors (Lipinski definition) is 6. The molecule has 5 atom stereocenters. The standard InChI is InChI=1S/C24H34N2O6/c1-3-4-12-25-13-8-11-24-17(20(28)26(14-9-15-27)19(24)21(25)29)18-22(30)31-16-7-5-6-10-23(18,2)32-24/h6,8,10-11,17-19,27H,3-5,7,9,12-16H2,1-2H3/b10-6-/t17-,18+,19?,23-,24-/m0/s1. The number of carbonyl (C=O) groups is 3. The summed E-state index contributed by atoms with van der Waals surface area (Å²) in [5, 5.41) is 9.41. The summed E-state index contributed by atoms with van der Waals surface area (Å²) in [5.41, 5.74) is -2.29. The number of amides is 2. The van der Waals surface area contributed by atoms with E-state index >= 15 is 0 Å². The average molecular weight is 447 g/mol. The van der Waals surface area contributed by atoms with E-state index in [0.717, 1.165) is 19.3 Å². The van der Waals surface area contributed by atoms with Crippen LogP contribution in [0, 0.1) is 11.8 Å². The molecule has 32 heavy (non-hydrogen) atoms. The molecule has 1 unspecified atom stereocenters. The van der Waals surface area contributed by atoms with Crippen molar-refractivity contribution in [3.05, 3.63) is 24.3 Å². The Morgan fingerprint density at radius 1 is 1.09 bits per heavy atom. The molecule has 4 aliphatic rings. The fraction of sp³-hybridized carbons (Fsp3) is 0.708. The second kappa shape index (κ2) is 8.98. The number of aliphatic hydroxyl groups is 1. The summed E-state index contributed by atoms with van der Waals surface area (Å²) >= 11 is 0. The van der Waals surface area contributed by atoms with E-state index in [4.69, 9.17) is 9.47 Å². The monoisotopic (exact) mass is 446 g/mol. The van der Waals surface area contributed by atoms with Gasteiger partial charge in [-0.3, -0.25) is 14.4 Å². The van der Waals surface area contributed by atoms with E-state index in [2.05, 4.69) is 6.92 Å². The highest BCUT2D eigenvalue weighted by Crippen LogP contribution is 2.57. The van der Waals surface area contributed by atoms with Crippen molar-refractivity contribution in [2.75, 3.05) is 32.8 Å². The number of unbranched alkanes of at least 4 members (excludes halogenated alkanes) is 1. The molecule has 0 bridgehead atoms. The third-order valence-corrected chi connectivity index (χ3v) is 7.17. The maximum atomic E-state index is 13.8. The normalized spacial score (nSPS) is 37.7. The fourth-order valence-corrected chi connectivity index (χ4v) is 5.71. The van der Waals surface area contributed by atoms with Gasteiger partial charge in [-0.1, -0.05) is 37.6 Å². The summed E-state index contributed by atoms with van der Waals surface area (Å²) in [6.07, 6.45) is 11.2. The van der Waals surface area contributed by atoms with Gasteiger partial charge in [0, 0.05) is 26.2 Å². The van der Waals surface area contributed by atoms with Crippen molar-refractivity contribution in [1.29, 1.82) is 0 Å². The van der Waals surface area contributed by atoms with Gasteiger partial charge in [0.1, 0.15) is 17.6 Å². The Morgan fingerprint density at radius 2 is 1.91 bits per heavy atom. The van der Waals surface area contributed by atoms with E-state index in [1.807, 2.05) is 31.2 Å². The number of nitrogens with zero attached hydrogens (tertiary/aromatic N) is 2. The number of ether oxygens (including phenoxy) is 2. The molecule has 0 aromatic carbocycles.